The number of ether oxygens (including phenoxy) is 1. The highest BCUT2D eigenvalue weighted by molar-refractivity contribution is 5.32. The minimum absolute atomic E-state index is 0.261. The Morgan fingerprint density at radius 1 is 1.33 bits per heavy atom. The van der Waals surface area contributed by atoms with Crippen LogP contribution >= 0.6 is 0 Å². The zero-order valence-corrected chi connectivity index (χ0v) is 8.53. The van der Waals surface area contributed by atoms with Gasteiger partial charge in [-0.15, -0.1) is 0 Å². The molecular formula is C11H18O. The maximum atomic E-state index is 5.36. The van der Waals surface area contributed by atoms with Crippen molar-refractivity contribution >= 4 is 0 Å². The zero-order valence-electron chi connectivity index (χ0n) is 8.53. The molecule has 1 aliphatic rings. The summed E-state index contributed by atoms with van der Waals surface area (Å²) in [6.07, 6.45) is 1.05. The van der Waals surface area contributed by atoms with Crippen LogP contribution < -0.4 is 0 Å². The van der Waals surface area contributed by atoms with Crippen LogP contribution in [0.5, 0.6) is 0 Å². The summed E-state index contributed by atoms with van der Waals surface area (Å²) < 4.78 is 5.36. The van der Waals surface area contributed by atoms with E-state index in [4.69, 9.17) is 4.74 Å². The van der Waals surface area contributed by atoms with Gasteiger partial charge in [-0.2, -0.15) is 0 Å². The van der Waals surface area contributed by atoms with Gasteiger partial charge in [-0.25, -0.2) is 0 Å². The van der Waals surface area contributed by atoms with E-state index in [1.54, 1.807) is 0 Å². The molecule has 0 radical (unpaired) electrons. The predicted octanol–water partition coefficient (Wildman–Crippen LogP) is 3.28. The van der Waals surface area contributed by atoms with E-state index in [2.05, 4.69) is 34.3 Å². The van der Waals surface area contributed by atoms with Crippen molar-refractivity contribution in [3.05, 3.63) is 23.5 Å². The molecule has 0 N–H and O–H groups in total. The van der Waals surface area contributed by atoms with Crippen molar-refractivity contribution in [3.63, 3.8) is 0 Å². The smallest absolute Gasteiger partial charge is 0.115 e. The van der Waals surface area contributed by atoms with Crippen molar-refractivity contribution in [1.82, 2.24) is 0 Å². The fraction of sp³-hybridized carbons (Fsp3) is 0.636. The van der Waals surface area contributed by atoms with Gasteiger partial charge in [0.05, 0.1) is 6.61 Å². The molecule has 1 rings (SSSR count). The van der Waals surface area contributed by atoms with Gasteiger partial charge in [-0.1, -0.05) is 32.9 Å². The first-order valence-corrected chi connectivity index (χ1v) is 4.45. The quantitative estimate of drug-likeness (QED) is 0.536. The fourth-order valence-corrected chi connectivity index (χ4v) is 1.68. The minimum atomic E-state index is 0.261. The van der Waals surface area contributed by atoms with E-state index < -0.39 is 0 Å². The molecule has 1 heteroatoms. The molecule has 0 saturated heterocycles. The summed E-state index contributed by atoms with van der Waals surface area (Å²) in [7, 11) is 0. The molecule has 0 aliphatic carbocycles. The molecule has 0 amide bonds. The molecule has 0 bridgehead atoms. The maximum absolute atomic E-state index is 5.36. The van der Waals surface area contributed by atoms with Crippen molar-refractivity contribution in [2.24, 2.45) is 5.41 Å². The molecule has 68 valence electrons. The molecule has 1 heterocycles. The van der Waals surface area contributed by atoms with Crippen LogP contribution in [-0.2, 0) is 4.74 Å². The Hall–Kier alpha value is -0.720. The fourth-order valence-electron chi connectivity index (χ4n) is 1.68. The van der Waals surface area contributed by atoms with Crippen molar-refractivity contribution in [2.45, 2.75) is 34.1 Å². The van der Waals surface area contributed by atoms with Crippen LogP contribution in [0.4, 0.5) is 0 Å². The van der Waals surface area contributed by atoms with Gasteiger partial charge in [0.15, 0.2) is 0 Å². The van der Waals surface area contributed by atoms with Crippen LogP contribution in [0.1, 0.15) is 34.1 Å². The van der Waals surface area contributed by atoms with Gasteiger partial charge in [0.25, 0.3) is 0 Å². The summed E-state index contributed by atoms with van der Waals surface area (Å²) in [5.41, 5.74) is 2.99. The Labute approximate surface area is 75.1 Å². The Morgan fingerprint density at radius 3 is 2.33 bits per heavy atom. The lowest BCUT2D eigenvalue weighted by atomic mass is 9.80. The first-order valence-electron chi connectivity index (χ1n) is 4.45. The van der Waals surface area contributed by atoms with Gasteiger partial charge < -0.3 is 4.74 Å². The third kappa shape index (κ3) is 1.71. The monoisotopic (exact) mass is 166 g/mol. The molecule has 1 aliphatic heterocycles. The lowest BCUT2D eigenvalue weighted by molar-refractivity contribution is 0.202. The van der Waals surface area contributed by atoms with Gasteiger partial charge in [0, 0.05) is 6.42 Å². The van der Waals surface area contributed by atoms with Gasteiger partial charge >= 0.3 is 0 Å². The summed E-state index contributed by atoms with van der Waals surface area (Å²) in [5, 5.41) is 0. The van der Waals surface area contributed by atoms with Crippen LogP contribution in [0.25, 0.3) is 0 Å². The first-order chi connectivity index (χ1) is 5.43. The normalized spacial score (nSPS) is 19.5. The second-order valence-corrected chi connectivity index (χ2v) is 4.38. The molecule has 0 spiro atoms. The molecule has 0 aromatic carbocycles. The molecule has 1 nitrogen and oxygen atoms in total. The third-order valence-corrected chi connectivity index (χ3v) is 2.40. The second-order valence-electron chi connectivity index (χ2n) is 4.38. The van der Waals surface area contributed by atoms with Gasteiger partial charge in [-0.3, -0.25) is 0 Å². The average Bonchev–Trinajstić information content (AvgIpc) is 1.92. The van der Waals surface area contributed by atoms with Crippen LogP contribution in [0, 0.1) is 5.41 Å². The Balaban J connectivity index is 3.01. The molecular weight excluding hydrogens is 148 g/mol. The largest absolute Gasteiger partial charge is 0.494 e. The molecule has 12 heavy (non-hydrogen) atoms. The lowest BCUT2D eigenvalue weighted by Gasteiger charge is -2.30. The summed E-state index contributed by atoms with van der Waals surface area (Å²) in [4.78, 5) is 0. The van der Waals surface area contributed by atoms with Crippen LogP contribution in [0.2, 0.25) is 0 Å². The van der Waals surface area contributed by atoms with Gasteiger partial charge in [-0.05, 0) is 17.9 Å². The number of hydrogen-bond donors (Lipinski definition) is 0. The van der Waals surface area contributed by atoms with Crippen molar-refractivity contribution in [1.29, 1.82) is 0 Å². The SMILES string of the molecule is C=C1OCCC(C(C)(C)C)=C1C. The summed E-state index contributed by atoms with van der Waals surface area (Å²) in [6, 6.07) is 0. The molecule has 0 saturated carbocycles. The second kappa shape index (κ2) is 2.96. The number of hydrogen-bond acceptors (Lipinski definition) is 1. The Bertz CT molecular complexity index is 228. The van der Waals surface area contributed by atoms with Crippen LogP contribution in [-0.4, -0.2) is 6.61 Å². The van der Waals surface area contributed by atoms with Crippen LogP contribution in [0.3, 0.4) is 0 Å². The van der Waals surface area contributed by atoms with E-state index in [1.165, 1.54) is 11.1 Å². The number of allylic oxidation sites excluding steroid dienone is 1. The summed E-state index contributed by atoms with van der Waals surface area (Å²) in [5.74, 6) is 0.853. The van der Waals surface area contributed by atoms with E-state index in [-0.39, 0.29) is 5.41 Å². The van der Waals surface area contributed by atoms with Gasteiger partial charge in [0.1, 0.15) is 5.76 Å². The summed E-state index contributed by atoms with van der Waals surface area (Å²) in [6.45, 7) is 13.5. The average molecular weight is 166 g/mol. The van der Waals surface area contributed by atoms with E-state index in [1.807, 2.05) is 0 Å². The van der Waals surface area contributed by atoms with E-state index >= 15 is 0 Å². The standard InChI is InChI=1S/C11H18O/c1-8-9(2)12-7-6-10(8)11(3,4)5/h2,6-7H2,1,3-5H3. The van der Waals surface area contributed by atoms with E-state index in [0.717, 1.165) is 18.8 Å². The molecule has 0 aromatic heterocycles. The molecule has 0 fully saturated rings. The highest BCUT2D eigenvalue weighted by Gasteiger charge is 2.23. The predicted molar refractivity (Wildman–Crippen MR) is 51.9 cm³/mol. The van der Waals surface area contributed by atoms with Crippen molar-refractivity contribution in [2.75, 3.05) is 6.61 Å². The summed E-state index contributed by atoms with van der Waals surface area (Å²) >= 11 is 0. The molecule has 0 aromatic rings. The third-order valence-electron chi connectivity index (χ3n) is 2.40. The van der Waals surface area contributed by atoms with Crippen LogP contribution in [0.15, 0.2) is 23.5 Å². The zero-order chi connectivity index (χ0) is 9.35. The minimum Gasteiger partial charge on any atom is -0.494 e. The van der Waals surface area contributed by atoms with Crippen molar-refractivity contribution in [3.8, 4) is 0 Å². The Kier molecular flexibility index (Phi) is 2.31. The molecule has 0 atom stereocenters. The lowest BCUT2D eigenvalue weighted by Crippen LogP contribution is -2.18. The van der Waals surface area contributed by atoms with E-state index in [0.29, 0.717) is 0 Å². The maximum Gasteiger partial charge on any atom is 0.115 e. The van der Waals surface area contributed by atoms with Crippen molar-refractivity contribution < 1.29 is 4.74 Å². The van der Waals surface area contributed by atoms with E-state index in [9.17, 15) is 0 Å². The highest BCUT2D eigenvalue weighted by atomic mass is 16.5. The number of rotatable bonds is 0. The Morgan fingerprint density at radius 2 is 1.92 bits per heavy atom. The molecule has 0 unspecified atom stereocenters. The highest BCUT2D eigenvalue weighted by Crippen LogP contribution is 2.35. The first kappa shape index (κ1) is 9.37. The topological polar surface area (TPSA) is 9.23 Å². The van der Waals surface area contributed by atoms with Gasteiger partial charge in [0.2, 0.25) is 0 Å².